The van der Waals surface area contributed by atoms with Crippen molar-refractivity contribution in [3.8, 4) is 23.1 Å². The van der Waals surface area contributed by atoms with Crippen LogP contribution >= 0.6 is 0 Å². The van der Waals surface area contributed by atoms with E-state index in [4.69, 9.17) is 9.47 Å². The molecule has 2 aromatic heterocycles. The number of amides is 1. The second-order valence-electron chi connectivity index (χ2n) is 10.4. The molecule has 0 spiro atoms. The summed E-state index contributed by atoms with van der Waals surface area (Å²) < 4.78 is 66.2. The molecule has 37 heavy (non-hydrogen) atoms. The van der Waals surface area contributed by atoms with Crippen LogP contribution < -0.4 is 4.74 Å². The minimum atomic E-state index is -4.64. The zero-order valence-corrected chi connectivity index (χ0v) is 21.5. The van der Waals surface area contributed by atoms with Gasteiger partial charge in [0.15, 0.2) is 22.9 Å². The van der Waals surface area contributed by atoms with Crippen molar-refractivity contribution in [2.24, 2.45) is 11.3 Å². The van der Waals surface area contributed by atoms with E-state index < -0.39 is 34.8 Å². The molecule has 1 atom stereocenters. The van der Waals surface area contributed by atoms with Gasteiger partial charge in [0.2, 0.25) is 0 Å². The molecule has 11 heteroatoms. The third-order valence-corrected chi connectivity index (χ3v) is 5.09. The fourth-order valence-corrected chi connectivity index (χ4v) is 3.77. The first kappa shape index (κ1) is 27.9. The molecule has 0 aliphatic heterocycles. The molecular formula is C26H29F4N4O3+. The molecule has 0 saturated heterocycles. The zero-order valence-electron chi connectivity index (χ0n) is 21.5. The number of ether oxygens (including phenoxy) is 2. The van der Waals surface area contributed by atoms with Crippen molar-refractivity contribution in [2.75, 3.05) is 6.61 Å². The normalized spacial score (nSPS) is 13.7. The van der Waals surface area contributed by atoms with Gasteiger partial charge in [-0.1, -0.05) is 13.8 Å². The van der Waals surface area contributed by atoms with E-state index in [9.17, 15) is 22.4 Å². The molecule has 3 aromatic rings. The summed E-state index contributed by atoms with van der Waals surface area (Å²) in [5, 5.41) is 3.58. The van der Waals surface area contributed by atoms with Crippen LogP contribution in [0.5, 0.6) is 5.75 Å². The Hall–Kier alpha value is -3.68. The third-order valence-electron chi connectivity index (χ3n) is 5.09. The van der Waals surface area contributed by atoms with Gasteiger partial charge in [-0.25, -0.2) is 13.9 Å². The van der Waals surface area contributed by atoms with Crippen molar-refractivity contribution in [3.05, 3.63) is 52.9 Å². The Labute approximate surface area is 212 Å². The highest BCUT2D eigenvalue weighted by Crippen LogP contribution is 2.32. The number of alkyl halides is 3. The molecule has 0 bridgehead atoms. The van der Waals surface area contributed by atoms with Crippen molar-refractivity contribution in [1.82, 2.24) is 14.6 Å². The summed E-state index contributed by atoms with van der Waals surface area (Å²) in [6.07, 6.45) is -3.55. The van der Waals surface area contributed by atoms with Crippen LogP contribution in [0, 0.1) is 23.2 Å². The van der Waals surface area contributed by atoms with Crippen molar-refractivity contribution in [2.45, 2.75) is 59.7 Å². The SMILES string of the molecule is CC(C)C[C@](C)(C#[N+]C(=O)OC(C)(C)C)COc1ccc(-c2ccnc3cc(C(F)(F)F)nn23)cc1F. The van der Waals surface area contributed by atoms with Gasteiger partial charge < -0.3 is 9.47 Å². The highest BCUT2D eigenvalue weighted by molar-refractivity contribution is 5.79. The van der Waals surface area contributed by atoms with E-state index in [1.807, 2.05) is 13.8 Å². The second kappa shape index (κ2) is 10.4. The van der Waals surface area contributed by atoms with E-state index in [1.54, 1.807) is 27.7 Å². The summed E-state index contributed by atoms with van der Waals surface area (Å²) >= 11 is 0. The van der Waals surface area contributed by atoms with Crippen LogP contribution in [-0.4, -0.2) is 32.9 Å². The minimum Gasteiger partial charge on any atom is -0.489 e. The molecule has 0 N–H and O–H groups in total. The van der Waals surface area contributed by atoms with Crippen LogP contribution in [0.2, 0.25) is 0 Å². The first-order valence-corrected chi connectivity index (χ1v) is 11.6. The number of hydrogen-bond donors (Lipinski definition) is 0. The van der Waals surface area contributed by atoms with Crippen molar-refractivity contribution in [3.63, 3.8) is 0 Å². The van der Waals surface area contributed by atoms with Gasteiger partial charge in [-0.3, -0.25) is 0 Å². The van der Waals surface area contributed by atoms with Crippen LogP contribution in [0.15, 0.2) is 36.5 Å². The van der Waals surface area contributed by atoms with E-state index in [1.165, 1.54) is 24.4 Å². The Kier molecular flexibility index (Phi) is 7.81. The van der Waals surface area contributed by atoms with Gasteiger partial charge in [0.25, 0.3) is 0 Å². The Morgan fingerprint density at radius 2 is 1.84 bits per heavy atom. The van der Waals surface area contributed by atoms with Crippen molar-refractivity contribution < 1.29 is 31.8 Å². The molecule has 0 saturated carbocycles. The van der Waals surface area contributed by atoms with Gasteiger partial charge >= 0.3 is 18.3 Å². The van der Waals surface area contributed by atoms with E-state index >= 15 is 0 Å². The van der Waals surface area contributed by atoms with Crippen LogP contribution in [0.4, 0.5) is 22.4 Å². The first-order valence-electron chi connectivity index (χ1n) is 11.6. The number of rotatable bonds is 6. The Balaban J connectivity index is 1.84. The number of aromatic nitrogens is 3. The number of carbonyl (C=O) groups excluding carboxylic acids is 1. The summed E-state index contributed by atoms with van der Waals surface area (Å²) in [5.41, 5.74) is -2.12. The number of nitrogens with zero attached hydrogens (tertiary/aromatic N) is 4. The summed E-state index contributed by atoms with van der Waals surface area (Å²) in [7, 11) is 0. The van der Waals surface area contributed by atoms with E-state index in [2.05, 4.69) is 21.0 Å². The molecule has 7 nitrogen and oxygen atoms in total. The van der Waals surface area contributed by atoms with Crippen LogP contribution in [0.1, 0.15) is 53.7 Å². The lowest BCUT2D eigenvalue weighted by Gasteiger charge is -2.21. The maximum atomic E-state index is 15.0. The van der Waals surface area contributed by atoms with Crippen LogP contribution in [-0.2, 0) is 10.9 Å². The van der Waals surface area contributed by atoms with E-state index in [-0.39, 0.29) is 35.2 Å². The molecule has 0 aliphatic rings. The van der Waals surface area contributed by atoms with Gasteiger partial charge in [0.05, 0.1) is 10.5 Å². The monoisotopic (exact) mass is 521 g/mol. The minimum absolute atomic E-state index is 0.0187. The first-order chi connectivity index (χ1) is 17.1. The number of carbonyl (C=O) groups is 1. The third kappa shape index (κ3) is 7.41. The lowest BCUT2D eigenvalue weighted by Crippen LogP contribution is -2.26. The predicted molar refractivity (Wildman–Crippen MR) is 130 cm³/mol. The second-order valence-corrected chi connectivity index (χ2v) is 10.4. The lowest BCUT2D eigenvalue weighted by atomic mass is 9.84. The van der Waals surface area contributed by atoms with Crippen LogP contribution in [0.25, 0.3) is 21.7 Å². The van der Waals surface area contributed by atoms with Gasteiger partial charge in [0, 0.05) is 17.8 Å². The molecule has 1 amide bonds. The smallest absolute Gasteiger partial charge is 0.489 e. The van der Waals surface area contributed by atoms with Crippen molar-refractivity contribution >= 4 is 11.7 Å². The fraction of sp³-hybridized carbons (Fsp3) is 0.462. The van der Waals surface area contributed by atoms with Gasteiger partial charge in [-0.05, 0) is 64.3 Å². The maximum absolute atomic E-state index is 15.0. The zero-order chi connectivity index (χ0) is 27.6. The highest BCUT2D eigenvalue weighted by Gasteiger charge is 2.35. The molecule has 0 aliphatic carbocycles. The fourth-order valence-electron chi connectivity index (χ4n) is 3.77. The summed E-state index contributed by atoms with van der Waals surface area (Å²) in [5.74, 6) is -0.590. The highest BCUT2D eigenvalue weighted by atomic mass is 19.4. The molecule has 1 aromatic carbocycles. The summed E-state index contributed by atoms with van der Waals surface area (Å²) in [4.78, 5) is 19.7. The lowest BCUT2D eigenvalue weighted by molar-refractivity contribution is -0.141. The Bertz CT molecular complexity index is 1350. The molecule has 0 radical (unpaired) electrons. The standard InChI is InChI=1S/C26H29F4N4O3/c1-16(2)13-25(6,14-32-23(35)37-24(3,4)5)15-36-20-8-7-17(11-18(20)27)19-9-10-31-22-12-21(26(28,29)30)33-34(19)22/h7-12,16H,13,15H2,1-6H3/q+1/t25-/m1/s1. The van der Waals surface area contributed by atoms with Crippen molar-refractivity contribution in [1.29, 1.82) is 0 Å². The molecule has 0 fully saturated rings. The Morgan fingerprint density at radius 1 is 1.14 bits per heavy atom. The molecular weight excluding hydrogens is 492 g/mol. The van der Waals surface area contributed by atoms with E-state index in [0.29, 0.717) is 6.42 Å². The number of benzene rings is 1. The quantitative estimate of drug-likeness (QED) is 0.320. The number of fused-ring (bicyclic) bond motifs is 1. The van der Waals surface area contributed by atoms with Gasteiger partial charge in [0.1, 0.15) is 17.6 Å². The number of halogens is 4. The Morgan fingerprint density at radius 3 is 2.43 bits per heavy atom. The van der Waals surface area contributed by atoms with Gasteiger partial charge in [-0.2, -0.15) is 23.1 Å². The molecule has 3 rings (SSSR count). The van der Waals surface area contributed by atoms with E-state index in [0.717, 1.165) is 16.6 Å². The summed E-state index contributed by atoms with van der Waals surface area (Å²) in [6.45, 7) is 10.9. The average Bonchev–Trinajstić information content (AvgIpc) is 3.20. The largest absolute Gasteiger partial charge is 0.728 e. The van der Waals surface area contributed by atoms with Gasteiger partial charge in [-0.15, -0.1) is 0 Å². The molecule has 2 heterocycles. The predicted octanol–water partition coefficient (Wildman–Crippen LogP) is 7.25. The summed E-state index contributed by atoms with van der Waals surface area (Å²) in [6, 6.07) is 9.11. The maximum Gasteiger partial charge on any atom is 0.728 e. The topological polar surface area (TPSA) is 70.1 Å². The number of hydrogen-bond acceptors (Lipinski definition) is 5. The molecule has 0 unspecified atom stereocenters. The molecule has 198 valence electrons. The average molecular weight is 522 g/mol. The van der Waals surface area contributed by atoms with Crippen LogP contribution in [0.3, 0.4) is 0 Å².